The SMILES string of the molecule is NC(=O)c1ccc(NCCC2CCC2)c([N+](=O)[O-])c1. The van der Waals surface area contributed by atoms with Crippen molar-refractivity contribution >= 4 is 17.3 Å². The van der Waals surface area contributed by atoms with E-state index in [0.717, 1.165) is 12.3 Å². The topological polar surface area (TPSA) is 98.3 Å². The zero-order valence-electron chi connectivity index (χ0n) is 10.6. The Bertz CT molecular complexity index is 498. The standard InChI is InChI=1S/C13H17N3O3/c14-13(17)10-4-5-11(12(8-10)16(18)19)15-7-6-9-2-1-3-9/h4-5,8-9,15H,1-3,6-7H2,(H2,14,17). The fourth-order valence-electron chi connectivity index (χ4n) is 2.18. The van der Waals surface area contributed by atoms with Crippen molar-refractivity contribution in [1.29, 1.82) is 0 Å². The van der Waals surface area contributed by atoms with Crippen LogP contribution in [0.25, 0.3) is 0 Å². The molecule has 1 aliphatic carbocycles. The van der Waals surface area contributed by atoms with E-state index < -0.39 is 10.8 Å². The molecule has 0 aliphatic heterocycles. The quantitative estimate of drug-likeness (QED) is 0.607. The van der Waals surface area contributed by atoms with Gasteiger partial charge >= 0.3 is 0 Å². The molecule has 1 aromatic rings. The van der Waals surface area contributed by atoms with Gasteiger partial charge in [0.05, 0.1) is 4.92 Å². The summed E-state index contributed by atoms with van der Waals surface area (Å²) in [5.74, 6) is 0.0839. The monoisotopic (exact) mass is 263 g/mol. The molecule has 1 saturated carbocycles. The third-order valence-electron chi connectivity index (χ3n) is 3.57. The van der Waals surface area contributed by atoms with Crippen molar-refractivity contribution in [3.05, 3.63) is 33.9 Å². The van der Waals surface area contributed by atoms with Crippen LogP contribution in [0.1, 0.15) is 36.0 Å². The Kier molecular flexibility index (Phi) is 3.99. The lowest BCUT2D eigenvalue weighted by molar-refractivity contribution is -0.384. The van der Waals surface area contributed by atoms with Crippen molar-refractivity contribution in [3.8, 4) is 0 Å². The maximum Gasteiger partial charge on any atom is 0.293 e. The lowest BCUT2D eigenvalue weighted by Gasteiger charge is -2.25. The van der Waals surface area contributed by atoms with Gasteiger partial charge < -0.3 is 11.1 Å². The van der Waals surface area contributed by atoms with Crippen LogP contribution in [0.5, 0.6) is 0 Å². The normalized spacial score (nSPS) is 14.7. The average Bonchev–Trinajstić information content (AvgIpc) is 2.32. The molecule has 6 nitrogen and oxygen atoms in total. The van der Waals surface area contributed by atoms with Crippen LogP contribution >= 0.6 is 0 Å². The van der Waals surface area contributed by atoms with Gasteiger partial charge in [-0.3, -0.25) is 14.9 Å². The summed E-state index contributed by atoms with van der Waals surface area (Å²) in [4.78, 5) is 21.5. The largest absolute Gasteiger partial charge is 0.379 e. The number of carbonyl (C=O) groups excluding carboxylic acids is 1. The maximum absolute atomic E-state index is 11.0. The number of hydrogen-bond acceptors (Lipinski definition) is 4. The number of amides is 1. The van der Waals surface area contributed by atoms with Crippen LogP contribution in [0.2, 0.25) is 0 Å². The molecule has 0 unspecified atom stereocenters. The van der Waals surface area contributed by atoms with Gasteiger partial charge in [0.2, 0.25) is 5.91 Å². The lowest BCUT2D eigenvalue weighted by Crippen LogP contribution is -2.16. The van der Waals surface area contributed by atoms with E-state index in [4.69, 9.17) is 5.73 Å². The molecule has 3 N–H and O–H groups in total. The van der Waals surface area contributed by atoms with E-state index in [9.17, 15) is 14.9 Å². The molecule has 102 valence electrons. The maximum atomic E-state index is 11.0. The molecule has 0 spiro atoms. The first-order valence-electron chi connectivity index (χ1n) is 6.40. The molecule has 1 aromatic carbocycles. The minimum atomic E-state index is -0.663. The summed E-state index contributed by atoms with van der Waals surface area (Å²) in [6, 6.07) is 4.26. The highest BCUT2D eigenvalue weighted by molar-refractivity contribution is 5.94. The molecule has 1 amide bonds. The van der Waals surface area contributed by atoms with Crippen LogP contribution in [0.15, 0.2) is 18.2 Å². The molecule has 0 atom stereocenters. The second-order valence-electron chi connectivity index (χ2n) is 4.87. The fraction of sp³-hybridized carbons (Fsp3) is 0.462. The third kappa shape index (κ3) is 3.21. The van der Waals surface area contributed by atoms with Crippen molar-refractivity contribution in [1.82, 2.24) is 0 Å². The zero-order chi connectivity index (χ0) is 13.8. The second-order valence-corrected chi connectivity index (χ2v) is 4.87. The van der Waals surface area contributed by atoms with Crippen LogP contribution in [0, 0.1) is 16.0 Å². The Morgan fingerprint density at radius 1 is 1.47 bits per heavy atom. The summed E-state index contributed by atoms with van der Waals surface area (Å²) >= 11 is 0. The van der Waals surface area contributed by atoms with Gasteiger partial charge in [-0.25, -0.2) is 0 Å². The average molecular weight is 263 g/mol. The minimum Gasteiger partial charge on any atom is -0.379 e. The molecule has 0 aromatic heterocycles. The van der Waals surface area contributed by atoms with E-state index in [-0.39, 0.29) is 11.3 Å². The number of rotatable bonds is 6. The van der Waals surface area contributed by atoms with Gasteiger partial charge in [0.15, 0.2) is 0 Å². The highest BCUT2D eigenvalue weighted by Crippen LogP contribution is 2.30. The molecule has 0 heterocycles. The van der Waals surface area contributed by atoms with E-state index >= 15 is 0 Å². The number of hydrogen-bond donors (Lipinski definition) is 2. The summed E-state index contributed by atoms with van der Waals surface area (Å²) in [7, 11) is 0. The van der Waals surface area contributed by atoms with Crippen molar-refractivity contribution in [2.45, 2.75) is 25.7 Å². The first-order valence-corrected chi connectivity index (χ1v) is 6.40. The molecular formula is C13H17N3O3. The number of nitrogens with zero attached hydrogens (tertiary/aromatic N) is 1. The molecule has 0 radical (unpaired) electrons. The minimum absolute atomic E-state index is 0.107. The van der Waals surface area contributed by atoms with Gasteiger partial charge in [-0.2, -0.15) is 0 Å². The second kappa shape index (κ2) is 5.69. The van der Waals surface area contributed by atoms with Crippen LogP contribution in [-0.2, 0) is 0 Å². The first-order chi connectivity index (χ1) is 9.08. The molecule has 6 heteroatoms. The summed E-state index contributed by atoms with van der Waals surface area (Å²) in [5.41, 5.74) is 5.60. The highest BCUT2D eigenvalue weighted by atomic mass is 16.6. The number of nitro groups is 1. The summed E-state index contributed by atoms with van der Waals surface area (Å²) in [6.45, 7) is 0.710. The number of nitro benzene ring substituents is 1. The van der Waals surface area contributed by atoms with Crippen LogP contribution in [0.4, 0.5) is 11.4 Å². The highest BCUT2D eigenvalue weighted by Gasteiger charge is 2.19. The predicted molar refractivity (Wildman–Crippen MR) is 72.1 cm³/mol. The van der Waals surface area contributed by atoms with Crippen molar-refractivity contribution in [2.75, 3.05) is 11.9 Å². The van der Waals surface area contributed by atoms with Crippen molar-refractivity contribution in [3.63, 3.8) is 0 Å². The molecule has 0 bridgehead atoms. The lowest BCUT2D eigenvalue weighted by atomic mass is 9.83. The van der Waals surface area contributed by atoms with E-state index in [1.807, 2.05) is 0 Å². The number of anilines is 1. The Labute approximate surface area is 111 Å². The van der Waals surface area contributed by atoms with Gasteiger partial charge in [-0.15, -0.1) is 0 Å². The van der Waals surface area contributed by atoms with E-state index in [1.54, 1.807) is 6.07 Å². The van der Waals surface area contributed by atoms with Crippen molar-refractivity contribution in [2.24, 2.45) is 11.7 Å². The Morgan fingerprint density at radius 3 is 2.74 bits per heavy atom. The molecule has 19 heavy (non-hydrogen) atoms. The van der Waals surface area contributed by atoms with Crippen LogP contribution in [0.3, 0.4) is 0 Å². The van der Waals surface area contributed by atoms with Crippen molar-refractivity contribution < 1.29 is 9.72 Å². The molecule has 1 fully saturated rings. The molecule has 1 aliphatic rings. The van der Waals surface area contributed by atoms with E-state index in [2.05, 4.69) is 5.32 Å². The number of carbonyl (C=O) groups is 1. The number of benzene rings is 1. The number of nitrogens with one attached hydrogen (secondary N) is 1. The Morgan fingerprint density at radius 2 is 2.21 bits per heavy atom. The van der Waals surface area contributed by atoms with Gasteiger partial charge in [-0.05, 0) is 24.5 Å². The zero-order valence-corrected chi connectivity index (χ0v) is 10.6. The van der Waals surface area contributed by atoms with Crippen LogP contribution < -0.4 is 11.1 Å². The van der Waals surface area contributed by atoms with Gasteiger partial charge in [0.25, 0.3) is 5.69 Å². The molecule has 0 saturated heterocycles. The first kappa shape index (κ1) is 13.3. The van der Waals surface area contributed by atoms with Gasteiger partial charge in [0.1, 0.15) is 5.69 Å². The number of nitrogens with two attached hydrogens (primary N) is 1. The van der Waals surface area contributed by atoms with Gasteiger partial charge in [-0.1, -0.05) is 19.3 Å². The summed E-state index contributed by atoms with van der Waals surface area (Å²) in [5, 5.41) is 14.0. The predicted octanol–water partition coefficient (Wildman–Crippen LogP) is 2.30. The smallest absolute Gasteiger partial charge is 0.293 e. The molecule has 2 rings (SSSR count). The molecular weight excluding hydrogens is 246 g/mol. The number of primary amides is 1. The van der Waals surface area contributed by atoms with Crippen LogP contribution in [-0.4, -0.2) is 17.4 Å². The van der Waals surface area contributed by atoms with Gasteiger partial charge in [0, 0.05) is 18.2 Å². The Balaban J connectivity index is 2.05. The van der Waals surface area contributed by atoms with E-state index in [0.29, 0.717) is 12.2 Å². The summed E-state index contributed by atoms with van der Waals surface area (Å²) in [6.07, 6.45) is 4.82. The van der Waals surface area contributed by atoms with E-state index in [1.165, 1.54) is 31.4 Å². The summed E-state index contributed by atoms with van der Waals surface area (Å²) < 4.78 is 0. The Hall–Kier alpha value is -2.11. The third-order valence-corrected chi connectivity index (χ3v) is 3.57. The fourth-order valence-corrected chi connectivity index (χ4v) is 2.18.